The van der Waals surface area contributed by atoms with Crippen LogP contribution in [0, 0.1) is 0 Å². The van der Waals surface area contributed by atoms with Crippen molar-refractivity contribution in [2.75, 3.05) is 12.9 Å². The maximum absolute atomic E-state index is 11.5. The molecule has 0 bridgehead atoms. The SMILES string of the molecule is COc1ccc(-c2ccc(-c3nc4n(c3C=O)CCS4)cc2)cc1. The summed E-state index contributed by atoms with van der Waals surface area (Å²) in [5.41, 5.74) is 4.66. The van der Waals surface area contributed by atoms with Crippen molar-refractivity contribution >= 4 is 18.0 Å². The second kappa shape index (κ2) is 6.17. The van der Waals surface area contributed by atoms with Gasteiger partial charge in [-0.1, -0.05) is 48.2 Å². The van der Waals surface area contributed by atoms with Gasteiger partial charge in [0.05, 0.1) is 7.11 Å². The maximum atomic E-state index is 11.5. The second-order valence-corrected chi connectivity index (χ2v) is 6.61. The van der Waals surface area contributed by atoms with E-state index in [1.807, 2.05) is 41.0 Å². The third-order valence-electron chi connectivity index (χ3n) is 4.21. The molecule has 0 spiro atoms. The number of aromatic nitrogens is 2. The molecule has 2 aromatic carbocycles. The summed E-state index contributed by atoms with van der Waals surface area (Å²) < 4.78 is 7.20. The lowest BCUT2D eigenvalue weighted by molar-refractivity contribution is 0.111. The number of thioether (sulfide) groups is 1. The van der Waals surface area contributed by atoms with E-state index in [1.165, 1.54) is 0 Å². The van der Waals surface area contributed by atoms with E-state index in [1.54, 1.807) is 18.9 Å². The predicted octanol–water partition coefficient (Wildman–Crippen LogP) is 4.14. The zero-order chi connectivity index (χ0) is 16.5. The van der Waals surface area contributed by atoms with Gasteiger partial charge in [-0.15, -0.1) is 0 Å². The minimum Gasteiger partial charge on any atom is -0.497 e. The fraction of sp³-hybridized carbons (Fsp3) is 0.158. The van der Waals surface area contributed by atoms with Crippen molar-refractivity contribution < 1.29 is 9.53 Å². The highest BCUT2D eigenvalue weighted by Gasteiger charge is 2.22. The van der Waals surface area contributed by atoms with Crippen LogP contribution in [-0.2, 0) is 6.54 Å². The molecule has 24 heavy (non-hydrogen) atoms. The van der Waals surface area contributed by atoms with Crippen LogP contribution in [0.2, 0.25) is 0 Å². The molecule has 0 saturated heterocycles. The van der Waals surface area contributed by atoms with E-state index in [-0.39, 0.29) is 0 Å². The largest absolute Gasteiger partial charge is 0.497 e. The van der Waals surface area contributed by atoms with Crippen molar-refractivity contribution in [2.24, 2.45) is 0 Å². The van der Waals surface area contributed by atoms with Crippen LogP contribution in [0.25, 0.3) is 22.4 Å². The monoisotopic (exact) mass is 336 g/mol. The predicted molar refractivity (Wildman–Crippen MR) is 95.8 cm³/mol. The van der Waals surface area contributed by atoms with Crippen LogP contribution in [0.15, 0.2) is 53.7 Å². The Hall–Kier alpha value is -2.53. The molecule has 120 valence electrons. The quantitative estimate of drug-likeness (QED) is 0.672. The van der Waals surface area contributed by atoms with Gasteiger partial charge in [0, 0.05) is 17.9 Å². The van der Waals surface area contributed by atoms with E-state index in [2.05, 4.69) is 17.1 Å². The highest BCUT2D eigenvalue weighted by Crippen LogP contribution is 2.33. The molecule has 0 aliphatic carbocycles. The molecule has 0 amide bonds. The molecule has 2 heterocycles. The third-order valence-corrected chi connectivity index (χ3v) is 5.17. The van der Waals surface area contributed by atoms with Crippen molar-refractivity contribution in [3.63, 3.8) is 0 Å². The van der Waals surface area contributed by atoms with Gasteiger partial charge < -0.3 is 9.30 Å². The zero-order valence-electron chi connectivity index (χ0n) is 13.2. The first-order chi connectivity index (χ1) is 11.8. The normalized spacial score (nSPS) is 12.9. The Morgan fingerprint density at radius 2 is 1.67 bits per heavy atom. The van der Waals surface area contributed by atoms with Crippen molar-refractivity contribution in [1.29, 1.82) is 0 Å². The van der Waals surface area contributed by atoms with Crippen LogP contribution in [0.1, 0.15) is 10.5 Å². The number of hydrogen-bond donors (Lipinski definition) is 0. The lowest BCUT2D eigenvalue weighted by Gasteiger charge is -2.06. The van der Waals surface area contributed by atoms with E-state index in [0.717, 1.165) is 51.9 Å². The van der Waals surface area contributed by atoms with E-state index in [9.17, 15) is 4.79 Å². The van der Waals surface area contributed by atoms with Crippen LogP contribution < -0.4 is 4.74 Å². The summed E-state index contributed by atoms with van der Waals surface area (Å²) in [7, 11) is 1.66. The van der Waals surface area contributed by atoms with Crippen LogP contribution in [0.4, 0.5) is 0 Å². The lowest BCUT2D eigenvalue weighted by Crippen LogP contribution is -2.00. The number of imidazole rings is 1. The lowest BCUT2D eigenvalue weighted by atomic mass is 10.0. The number of rotatable bonds is 4. The standard InChI is InChI=1S/C19H16N2O2S/c1-23-16-8-6-14(7-9-16)13-2-4-15(5-3-13)18-17(12-22)21-10-11-24-19(21)20-18/h2-9,12H,10-11H2,1H3. The molecule has 3 aromatic rings. The number of hydrogen-bond acceptors (Lipinski definition) is 4. The molecule has 5 heteroatoms. The number of carbonyl (C=O) groups is 1. The summed E-state index contributed by atoms with van der Waals surface area (Å²) in [6, 6.07) is 16.1. The molecule has 1 aromatic heterocycles. The summed E-state index contributed by atoms with van der Waals surface area (Å²) in [4.78, 5) is 16.1. The first kappa shape index (κ1) is 15.0. The number of carbonyl (C=O) groups excluding carboxylic acids is 1. The number of ether oxygens (including phenoxy) is 1. The number of nitrogens with zero attached hydrogens (tertiary/aromatic N) is 2. The Morgan fingerprint density at radius 1 is 1.04 bits per heavy atom. The van der Waals surface area contributed by atoms with Gasteiger partial charge in [0.1, 0.15) is 17.1 Å². The molecule has 0 fully saturated rings. The molecule has 4 nitrogen and oxygen atoms in total. The number of benzene rings is 2. The van der Waals surface area contributed by atoms with E-state index in [0.29, 0.717) is 5.69 Å². The van der Waals surface area contributed by atoms with Crippen LogP contribution >= 0.6 is 11.8 Å². The van der Waals surface area contributed by atoms with Crippen LogP contribution in [0.3, 0.4) is 0 Å². The maximum Gasteiger partial charge on any atom is 0.169 e. The highest BCUT2D eigenvalue weighted by atomic mass is 32.2. The number of fused-ring (bicyclic) bond motifs is 1. The van der Waals surface area contributed by atoms with Crippen LogP contribution in [0.5, 0.6) is 5.75 Å². The molecule has 0 unspecified atom stereocenters. The van der Waals surface area contributed by atoms with Gasteiger partial charge in [0.2, 0.25) is 0 Å². The summed E-state index contributed by atoms with van der Waals surface area (Å²) >= 11 is 1.70. The Kier molecular flexibility index (Phi) is 3.86. The van der Waals surface area contributed by atoms with Crippen molar-refractivity contribution in [3.05, 3.63) is 54.2 Å². The molecular weight excluding hydrogens is 320 g/mol. The first-order valence-electron chi connectivity index (χ1n) is 7.73. The third kappa shape index (κ3) is 2.51. The van der Waals surface area contributed by atoms with Crippen molar-refractivity contribution in [3.8, 4) is 28.1 Å². The van der Waals surface area contributed by atoms with Gasteiger partial charge in [-0.2, -0.15) is 0 Å². The van der Waals surface area contributed by atoms with E-state index < -0.39 is 0 Å². The van der Waals surface area contributed by atoms with Crippen molar-refractivity contribution in [1.82, 2.24) is 9.55 Å². The number of methoxy groups -OCH3 is 1. The molecule has 1 aliphatic heterocycles. The minimum absolute atomic E-state index is 0.673. The Balaban J connectivity index is 1.68. The van der Waals surface area contributed by atoms with Crippen LogP contribution in [-0.4, -0.2) is 28.7 Å². The van der Waals surface area contributed by atoms with Gasteiger partial charge in [0.15, 0.2) is 11.4 Å². The van der Waals surface area contributed by atoms with Gasteiger partial charge in [-0.05, 0) is 23.3 Å². The average molecular weight is 336 g/mol. The molecule has 1 aliphatic rings. The van der Waals surface area contributed by atoms with Gasteiger partial charge in [-0.25, -0.2) is 4.98 Å². The number of aldehydes is 1. The summed E-state index contributed by atoms with van der Waals surface area (Å²) in [6.45, 7) is 0.852. The molecule has 4 rings (SSSR count). The Morgan fingerprint density at radius 3 is 2.29 bits per heavy atom. The van der Waals surface area contributed by atoms with Gasteiger partial charge in [0.25, 0.3) is 0 Å². The Bertz CT molecular complexity index is 883. The first-order valence-corrected chi connectivity index (χ1v) is 8.72. The fourth-order valence-electron chi connectivity index (χ4n) is 2.93. The van der Waals surface area contributed by atoms with E-state index in [4.69, 9.17) is 4.74 Å². The Labute approximate surface area is 144 Å². The minimum atomic E-state index is 0.673. The summed E-state index contributed by atoms with van der Waals surface area (Å²) in [6.07, 6.45) is 0.912. The van der Waals surface area contributed by atoms with Gasteiger partial charge >= 0.3 is 0 Å². The average Bonchev–Trinajstić information content (AvgIpc) is 3.23. The van der Waals surface area contributed by atoms with Gasteiger partial charge in [-0.3, -0.25) is 4.79 Å². The molecule has 0 atom stereocenters. The van der Waals surface area contributed by atoms with Crippen molar-refractivity contribution in [2.45, 2.75) is 11.7 Å². The molecule has 0 radical (unpaired) electrons. The van der Waals surface area contributed by atoms with E-state index >= 15 is 0 Å². The zero-order valence-corrected chi connectivity index (χ0v) is 14.0. The smallest absolute Gasteiger partial charge is 0.169 e. The highest BCUT2D eigenvalue weighted by molar-refractivity contribution is 7.99. The molecule has 0 saturated carbocycles. The fourth-order valence-corrected chi connectivity index (χ4v) is 3.89. The topological polar surface area (TPSA) is 44.1 Å². The molecule has 0 N–H and O–H groups in total. The second-order valence-electron chi connectivity index (χ2n) is 5.55. The summed E-state index contributed by atoms with van der Waals surface area (Å²) in [5.74, 6) is 1.83. The summed E-state index contributed by atoms with van der Waals surface area (Å²) in [5, 5.41) is 0.936. The molecular formula is C19H16N2O2S.